The molecule has 86 valence electrons. The molecule has 0 saturated heterocycles. The van der Waals surface area contributed by atoms with Crippen LogP contribution in [0.4, 0.5) is 0 Å². The van der Waals surface area contributed by atoms with Gasteiger partial charge in [0.15, 0.2) is 5.78 Å². The van der Waals surface area contributed by atoms with Crippen molar-refractivity contribution in [1.82, 2.24) is 0 Å². The van der Waals surface area contributed by atoms with Crippen LogP contribution in [-0.2, 0) is 0 Å². The number of benzene rings is 1. The van der Waals surface area contributed by atoms with Crippen LogP contribution in [0.15, 0.2) is 18.2 Å². The van der Waals surface area contributed by atoms with Gasteiger partial charge in [-0.05, 0) is 43.7 Å². The topological polar surface area (TPSA) is 17.1 Å². The summed E-state index contributed by atoms with van der Waals surface area (Å²) in [6.45, 7) is 6.34. The first-order valence-electron chi connectivity index (χ1n) is 6.21. The zero-order chi connectivity index (χ0) is 11.7. The number of carbonyl (C=O) groups excluding carboxylic acids is 1. The molecular weight excluding hydrogens is 196 g/mol. The van der Waals surface area contributed by atoms with Crippen molar-refractivity contribution < 1.29 is 4.79 Å². The van der Waals surface area contributed by atoms with Crippen LogP contribution < -0.4 is 0 Å². The van der Waals surface area contributed by atoms with Gasteiger partial charge in [-0.25, -0.2) is 0 Å². The van der Waals surface area contributed by atoms with Crippen molar-refractivity contribution >= 4 is 5.78 Å². The smallest absolute Gasteiger partial charge is 0.166 e. The molecule has 0 spiro atoms. The third kappa shape index (κ3) is 1.91. The SMILES string of the molecule is Cc1cccc(C(=O)C2CCCC2C)c1C. The van der Waals surface area contributed by atoms with E-state index in [1.165, 1.54) is 18.4 Å². The highest BCUT2D eigenvalue weighted by Gasteiger charge is 2.30. The molecule has 1 aliphatic carbocycles. The van der Waals surface area contributed by atoms with Crippen LogP contribution >= 0.6 is 0 Å². The van der Waals surface area contributed by atoms with Gasteiger partial charge in [0.2, 0.25) is 0 Å². The Morgan fingerprint density at radius 3 is 2.62 bits per heavy atom. The average Bonchev–Trinajstić information content (AvgIpc) is 2.68. The first-order chi connectivity index (χ1) is 7.61. The fraction of sp³-hybridized carbons (Fsp3) is 0.533. The Balaban J connectivity index is 2.30. The number of aryl methyl sites for hydroxylation is 1. The minimum atomic E-state index is 0.264. The summed E-state index contributed by atoms with van der Waals surface area (Å²) in [5, 5.41) is 0. The van der Waals surface area contributed by atoms with Gasteiger partial charge in [-0.1, -0.05) is 31.5 Å². The predicted octanol–water partition coefficient (Wildman–Crippen LogP) is 3.92. The summed E-state index contributed by atoms with van der Waals surface area (Å²) in [4.78, 5) is 12.4. The monoisotopic (exact) mass is 216 g/mol. The highest BCUT2D eigenvalue weighted by molar-refractivity contribution is 5.99. The molecule has 0 aliphatic heterocycles. The molecule has 1 nitrogen and oxygen atoms in total. The summed E-state index contributed by atoms with van der Waals surface area (Å²) < 4.78 is 0. The molecule has 0 N–H and O–H groups in total. The van der Waals surface area contributed by atoms with E-state index in [-0.39, 0.29) is 5.92 Å². The van der Waals surface area contributed by atoms with Gasteiger partial charge in [0.1, 0.15) is 0 Å². The lowest BCUT2D eigenvalue weighted by atomic mass is 9.87. The summed E-state index contributed by atoms with van der Waals surface area (Å²) in [6.07, 6.45) is 3.50. The van der Waals surface area contributed by atoms with Gasteiger partial charge in [-0.2, -0.15) is 0 Å². The largest absolute Gasteiger partial charge is 0.294 e. The number of hydrogen-bond donors (Lipinski definition) is 0. The number of hydrogen-bond acceptors (Lipinski definition) is 1. The van der Waals surface area contributed by atoms with Crippen molar-refractivity contribution in [2.75, 3.05) is 0 Å². The van der Waals surface area contributed by atoms with Crippen molar-refractivity contribution in [3.63, 3.8) is 0 Å². The van der Waals surface area contributed by atoms with Crippen molar-refractivity contribution in [2.45, 2.75) is 40.0 Å². The highest BCUT2D eigenvalue weighted by atomic mass is 16.1. The second-order valence-corrected chi connectivity index (χ2v) is 5.13. The molecule has 1 saturated carbocycles. The highest BCUT2D eigenvalue weighted by Crippen LogP contribution is 2.34. The van der Waals surface area contributed by atoms with Crippen LogP contribution in [0, 0.1) is 25.7 Å². The molecule has 1 aromatic carbocycles. The lowest BCUT2D eigenvalue weighted by Crippen LogP contribution is -2.18. The quantitative estimate of drug-likeness (QED) is 0.685. The lowest BCUT2D eigenvalue weighted by Gasteiger charge is -2.16. The third-order valence-electron chi connectivity index (χ3n) is 4.07. The number of rotatable bonds is 2. The second kappa shape index (κ2) is 4.40. The average molecular weight is 216 g/mol. The first kappa shape index (κ1) is 11.4. The molecule has 1 aliphatic rings. The van der Waals surface area contributed by atoms with Crippen molar-refractivity contribution in [3.05, 3.63) is 34.9 Å². The van der Waals surface area contributed by atoms with E-state index < -0.39 is 0 Å². The molecule has 0 radical (unpaired) electrons. The Morgan fingerprint density at radius 1 is 1.25 bits per heavy atom. The second-order valence-electron chi connectivity index (χ2n) is 5.13. The fourth-order valence-electron chi connectivity index (χ4n) is 2.75. The van der Waals surface area contributed by atoms with E-state index in [9.17, 15) is 4.79 Å². The van der Waals surface area contributed by atoms with Gasteiger partial charge in [-0.3, -0.25) is 4.79 Å². The van der Waals surface area contributed by atoms with Crippen LogP contribution in [0.1, 0.15) is 47.7 Å². The maximum Gasteiger partial charge on any atom is 0.166 e. The maximum atomic E-state index is 12.4. The molecule has 2 unspecified atom stereocenters. The van der Waals surface area contributed by atoms with Gasteiger partial charge in [-0.15, -0.1) is 0 Å². The van der Waals surface area contributed by atoms with Crippen LogP contribution in [0.2, 0.25) is 0 Å². The lowest BCUT2D eigenvalue weighted by molar-refractivity contribution is 0.0896. The van der Waals surface area contributed by atoms with Gasteiger partial charge in [0.25, 0.3) is 0 Å². The van der Waals surface area contributed by atoms with Gasteiger partial charge in [0, 0.05) is 11.5 Å². The van der Waals surface area contributed by atoms with E-state index in [0.29, 0.717) is 11.7 Å². The molecule has 16 heavy (non-hydrogen) atoms. The van der Waals surface area contributed by atoms with E-state index in [0.717, 1.165) is 17.5 Å². The molecule has 2 rings (SSSR count). The molecule has 0 amide bonds. The van der Waals surface area contributed by atoms with E-state index in [4.69, 9.17) is 0 Å². The van der Waals surface area contributed by atoms with E-state index >= 15 is 0 Å². The summed E-state index contributed by atoms with van der Waals surface area (Å²) in [7, 11) is 0. The Morgan fingerprint density at radius 2 is 2.00 bits per heavy atom. The summed E-state index contributed by atoms with van der Waals surface area (Å²) >= 11 is 0. The number of carbonyl (C=O) groups is 1. The Hall–Kier alpha value is -1.11. The molecule has 1 fully saturated rings. The molecule has 2 atom stereocenters. The van der Waals surface area contributed by atoms with Crippen molar-refractivity contribution in [2.24, 2.45) is 11.8 Å². The summed E-state index contributed by atoms with van der Waals surface area (Å²) in [5.41, 5.74) is 3.32. The first-order valence-corrected chi connectivity index (χ1v) is 6.21. The minimum absolute atomic E-state index is 0.264. The molecular formula is C15H20O. The molecule has 1 heteroatoms. The van der Waals surface area contributed by atoms with Gasteiger partial charge < -0.3 is 0 Å². The Kier molecular flexibility index (Phi) is 3.13. The Bertz CT molecular complexity index is 406. The maximum absolute atomic E-state index is 12.4. The zero-order valence-electron chi connectivity index (χ0n) is 10.4. The van der Waals surface area contributed by atoms with Crippen LogP contribution in [0.3, 0.4) is 0 Å². The standard InChI is InChI=1S/C15H20O/c1-10-6-4-9-14(12(10)3)15(16)13-8-5-7-11(13)2/h4,6,9,11,13H,5,7-8H2,1-3H3. The van der Waals surface area contributed by atoms with Crippen molar-refractivity contribution in [1.29, 1.82) is 0 Å². The fourth-order valence-corrected chi connectivity index (χ4v) is 2.75. The normalized spacial score (nSPS) is 24.7. The molecule has 1 aromatic rings. The van der Waals surface area contributed by atoms with Crippen LogP contribution in [0.25, 0.3) is 0 Å². The molecule has 0 aromatic heterocycles. The van der Waals surface area contributed by atoms with Gasteiger partial charge >= 0.3 is 0 Å². The van der Waals surface area contributed by atoms with Gasteiger partial charge in [0.05, 0.1) is 0 Å². The van der Waals surface area contributed by atoms with Crippen LogP contribution in [-0.4, -0.2) is 5.78 Å². The van der Waals surface area contributed by atoms with Crippen LogP contribution in [0.5, 0.6) is 0 Å². The van der Waals surface area contributed by atoms with E-state index in [1.54, 1.807) is 0 Å². The minimum Gasteiger partial charge on any atom is -0.294 e. The number of Topliss-reactive ketones (excluding diaryl/α,β-unsaturated/α-hetero) is 1. The number of ketones is 1. The molecule has 0 bridgehead atoms. The Labute approximate surface area is 97.9 Å². The van der Waals surface area contributed by atoms with E-state index in [2.05, 4.69) is 26.8 Å². The third-order valence-corrected chi connectivity index (χ3v) is 4.07. The molecule has 0 heterocycles. The zero-order valence-corrected chi connectivity index (χ0v) is 10.4. The van der Waals surface area contributed by atoms with Crippen molar-refractivity contribution in [3.8, 4) is 0 Å². The predicted molar refractivity (Wildman–Crippen MR) is 66.8 cm³/mol. The summed E-state index contributed by atoms with van der Waals surface area (Å²) in [6, 6.07) is 6.05. The summed E-state index contributed by atoms with van der Waals surface area (Å²) in [5.74, 6) is 1.19. The van der Waals surface area contributed by atoms with E-state index in [1.807, 2.05) is 12.1 Å².